The highest BCUT2D eigenvalue weighted by Crippen LogP contribution is 2.24. The number of halogens is 1. The van der Waals surface area contributed by atoms with Crippen LogP contribution in [0.1, 0.15) is 37.0 Å². The van der Waals surface area contributed by atoms with Crippen LogP contribution in [0.25, 0.3) is 0 Å². The minimum absolute atomic E-state index is 0.636. The molecule has 0 radical (unpaired) electrons. The summed E-state index contributed by atoms with van der Waals surface area (Å²) in [5.74, 6) is 0.704. The Morgan fingerprint density at radius 3 is 2.20 bits per heavy atom. The maximum Gasteiger partial charge on any atom is 0.0172 e. The highest BCUT2D eigenvalue weighted by Gasteiger charge is 2.14. The summed E-state index contributed by atoms with van der Waals surface area (Å²) >= 11 is 3.75. The number of hydrogen-bond acceptors (Lipinski definition) is 0. The third-order valence-corrected chi connectivity index (χ3v) is 4.73. The van der Waals surface area contributed by atoms with E-state index in [2.05, 4.69) is 61.8 Å². The summed E-state index contributed by atoms with van der Waals surface area (Å²) in [5.41, 5.74) is 4.39. The van der Waals surface area contributed by atoms with Gasteiger partial charge in [0.2, 0.25) is 0 Å². The number of benzene rings is 1. The van der Waals surface area contributed by atoms with Gasteiger partial charge in [0.1, 0.15) is 0 Å². The first kappa shape index (κ1) is 12.8. The van der Waals surface area contributed by atoms with Gasteiger partial charge in [-0.1, -0.05) is 48.0 Å². The zero-order valence-electron chi connectivity index (χ0n) is 10.2. The summed E-state index contributed by atoms with van der Waals surface area (Å²) in [7, 11) is 0. The molecule has 0 bridgehead atoms. The van der Waals surface area contributed by atoms with E-state index in [1.54, 1.807) is 0 Å². The van der Waals surface area contributed by atoms with Crippen molar-refractivity contribution in [2.75, 3.05) is 0 Å². The zero-order valence-corrected chi connectivity index (χ0v) is 11.8. The van der Waals surface area contributed by atoms with Gasteiger partial charge in [-0.05, 0) is 49.3 Å². The summed E-state index contributed by atoms with van der Waals surface area (Å²) in [6, 6.07) is 6.57. The van der Waals surface area contributed by atoms with Crippen LogP contribution in [-0.4, -0.2) is 4.83 Å². The third-order valence-electron chi connectivity index (χ3n) is 3.18. The van der Waals surface area contributed by atoms with E-state index in [9.17, 15) is 0 Å². The van der Waals surface area contributed by atoms with Crippen molar-refractivity contribution in [3.63, 3.8) is 0 Å². The minimum atomic E-state index is 0.636. The molecule has 0 saturated heterocycles. The Labute approximate surface area is 102 Å². The van der Waals surface area contributed by atoms with Crippen LogP contribution < -0.4 is 0 Å². The Hall–Kier alpha value is -0.300. The van der Waals surface area contributed by atoms with Crippen LogP contribution >= 0.6 is 15.9 Å². The predicted octanol–water partition coefficient (Wildman–Crippen LogP) is 4.66. The smallest absolute Gasteiger partial charge is 0.0172 e. The fourth-order valence-corrected chi connectivity index (χ4v) is 2.21. The van der Waals surface area contributed by atoms with Crippen molar-refractivity contribution in [1.29, 1.82) is 0 Å². The Morgan fingerprint density at radius 2 is 1.73 bits per heavy atom. The van der Waals surface area contributed by atoms with E-state index in [-0.39, 0.29) is 0 Å². The molecule has 0 N–H and O–H groups in total. The first-order valence-corrected chi connectivity index (χ1v) is 6.67. The quantitative estimate of drug-likeness (QED) is 0.697. The maximum absolute atomic E-state index is 3.75. The van der Waals surface area contributed by atoms with E-state index < -0.39 is 0 Å². The molecule has 0 aliphatic carbocycles. The van der Waals surface area contributed by atoms with Crippen LogP contribution in [0.5, 0.6) is 0 Å². The maximum atomic E-state index is 3.75. The number of alkyl halides is 1. The number of hydrogen-bond donors (Lipinski definition) is 0. The van der Waals surface area contributed by atoms with E-state index in [1.165, 1.54) is 29.5 Å². The fraction of sp³-hybridized carbons (Fsp3) is 0.571. The van der Waals surface area contributed by atoms with Crippen molar-refractivity contribution in [3.8, 4) is 0 Å². The molecular formula is C14H21Br. The van der Waals surface area contributed by atoms with Gasteiger partial charge in [0.05, 0.1) is 0 Å². The standard InChI is InChI=1S/C14H21Br/c1-5-14(15)12(4)9-13-10(2)7-6-8-11(13)3/h6-8,12,14H,5,9H2,1-4H3. The van der Waals surface area contributed by atoms with Crippen molar-refractivity contribution in [1.82, 2.24) is 0 Å². The first-order valence-electron chi connectivity index (χ1n) is 5.75. The van der Waals surface area contributed by atoms with Gasteiger partial charge in [0.15, 0.2) is 0 Å². The molecule has 0 aromatic heterocycles. The van der Waals surface area contributed by atoms with Crippen LogP contribution in [0.3, 0.4) is 0 Å². The summed E-state index contributed by atoms with van der Waals surface area (Å²) in [6.07, 6.45) is 2.38. The molecule has 0 fully saturated rings. The lowest BCUT2D eigenvalue weighted by atomic mass is 9.91. The Balaban J connectivity index is 2.80. The van der Waals surface area contributed by atoms with Gasteiger partial charge in [0, 0.05) is 4.83 Å². The van der Waals surface area contributed by atoms with Crippen molar-refractivity contribution in [3.05, 3.63) is 34.9 Å². The molecule has 1 rings (SSSR count). The van der Waals surface area contributed by atoms with Gasteiger partial charge in [-0.2, -0.15) is 0 Å². The predicted molar refractivity (Wildman–Crippen MR) is 71.8 cm³/mol. The van der Waals surface area contributed by atoms with Gasteiger partial charge >= 0.3 is 0 Å². The number of rotatable bonds is 4. The molecule has 84 valence electrons. The molecule has 0 nitrogen and oxygen atoms in total. The van der Waals surface area contributed by atoms with E-state index in [4.69, 9.17) is 0 Å². The molecule has 1 aromatic carbocycles. The van der Waals surface area contributed by atoms with E-state index in [0.717, 1.165) is 0 Å². The Morgan fingerprint density at radius 1 is 1.20 bits per heavy atom. The molecule has 2 unspecified atom stereocenters. The molecule has 2 atom stereocenters. The van der Waals surface area contributed by atoms with E-state index in [0.29, 0.717) is 10.7 Å². The zero-order chi connectivity index (χ0) is 11.4. The third kappa shape index (κ3) is 3.34. The van der Waals surface area contributed by atoms with Crippen LogP contribution in [0.2, 0.25) is 0 Å². The van der Waals surface area contributed by atoms with E-state index in [1.807, 2.05) is 0 Å². The van der Waals surface area contributed by atoms with Crippen molar-refractivity contribution >= 4 is 15.9 Å². The SMILES string of the molecule is CCC(Br)C(C)Cc1c(C)cccc1C. The van der Waals surface area contributed by atoms with Gasteiger partial charge < -0.3 is 0 Å². The summed E-state index contributed by atoms with van der Waals surface area (Å²) in [5, 5.41) is 0. The molecule has 1 aromatic rings. The topological polar surface area (TPSA) is 0 Å². The van der Waals surface area contributed by atoms with Crippen LogP contribution in [0.4, 0.5) is 0 Å². The van der Waals surface area contributed by atoms with Crippen molar-refractivity contribution < 1.29 is 0 Å². The lowest BCUT2D eigenvalue weighted by molar-refractivity contribution is 0.543. The molecule has 15 heavy (non-hydrogen) atoms. The van der Waals surface area contributed by atoms with Gasteiger partial charge in [-0.15, -0.1) is 0 Å². The summed E-state index contributed by atoms with van der Waals surface area (Å²) < 4.78 is 0. The molecule has 0 aliphatic rings. The molecule has 0 heterocycles. The normalized spacial score (nSPS) is 15.0. The second-order valence-electron chi connectivity index (χ2n) is 4.48. The molecule has 0 saturated carbocycles. The van der Waals surface area contributed by atoms with Gasteiger partial charge in [-0.3, -0.25) is 0 Å². The summed E-state index contributed by atoms with van der Waals surface area (Å²) in [6.45, 7) is 8.99. The monoisotopic (exact) mass is 268 g/mol. The minimum Gasteiger partial charge on any atom is -0.0888 e. The molecular weight excluding hydrogens is 248 g/mol. The van der Waals surface area contributed by atoms with Crippen molar-refractivity contribution in [2.24, 2.45) is 5.92 Å². The van der Waals surface area contributed by atoms with Crippen LogP contribution in [0.15, 0.2) is 18.2 Å². The van der Waals surface area contributed by atoms with Gasteiger partial charge in [0.25, 0.3) is 0 Å². The van der Waals surface area contributed by atoms with Gasteiger partial charge in [-0.25, -0.2) is 0 Å². The fourth-order valence-electron chi connectivity index (χ4n) is 2.02. The average Bonchev–Trinajstić information content (AvgIpc) is 2.22. The number of aryl methyl sites for hydroxylation is 2. The van der Waals surface area contributed by atoms with Crippen LogP contribution in [-0.2, 0) is 6.42 Å². The highest BCUT2D eigenvalue weighted by atomic mass is 79.9. The molecule has 0 aliphatic heterocycles. The highest BCUT2D eigenvalue weighted by molar-refractivity contribution is 9.09. The molecule has 1 heteroatoms. The summed E-state index contributed by atoms with van der Waals surface area (Å²) in [4.78, 5) is 0.636. The van der Waals surface area contributed by atoms with Crippen LogP contribution in [0, 0.1) is 19.8 Å². The lowest BCUT2D eigenvalue weighted by Crippen LogP contribution is -2.13. The Kier molecular flexibility index (Phi) is 4.85. The second-order valence-corrected chi connectivity index (χ2v) is 5.65. The lowest BCUT2D eigenvalue weighted by Gasteiger charge is -2.19. The Bertz CT molecular complexity index is 297. The molecule has 0 spiro atoms. The molecule has 0 amide bonds. The van der Waals surface area contributed by atoms with E-state index >= 15 is 0 Å². The average molecular weight is 269 g/mol. The second kappa shape index (κ2) is 5.69. The largest absolute Gasteiger partial charge is 0.0888 e. The van der Waals surface area contributed by atoms with Crippen molar-refractivity contribution in [2.45, 2.75) is 45.4 Å². The first-order chi connectivity index (χ1) is 7.06.